The molecule has 3 heterocycles. The normalized spacial score (nSPS) is 12.0. The van der Waals surface area contributed by atoms with Gasteiger partial charge < -0.3 is 10.3 Å². The second-order valence-corrected chi connectivity index (χ2v) is 5.78. The molecule has 0 amide bonds. The predicted molar refractivity (Wildman–Crippen MR) is 93.0 cm³/mol. The number of halogens is 3. The van der Waals surface area contributed by atoms with Gasteiger partial charge in [-0.1, -0.05) is 18.2 Å². The van der Waals surface area contributed by atoms with E-state index in [0.717, 1.165) is 6.07 Å². The number of rotatable bonds is 3. The van der Waals surface area contributed by atoms with Gasteiger partial charge >= 0.3 is 6.18 Å². The first-order valence-electron chi connectivity index (χ1n) is 8.08. The molecule has 0 atom stereocenters. The minimum atomic E-state index is -4.49. The molecule has 3 aromatic heterocycles. The fourth-order valence-electron chi connectivity index (χ4n) is 3.10. The molecule has 0 radical (unpaired) electrons. The summed E-state index contributed by atoms with van der Waals surface area (Å²) in [7, 11) is 0. The number of imidazole rings is 1. The zero-order valence-corrected chi connectivity index (χ0v) is 14.1. The smallest absolute Gasteiger partial charge is 0.368 e. The molecule has 0 saturated carbocycles. The molecule has 27 heavy (non-hydrogen) atoms. The number of hydrogen-bond donors (Lipinski definition) is 1. The highest BCUT2D eigenvalue weighted by Gasteiger charge is 2.34. The standard InChI is InChI=1S/C17H14F3N7/c1-2-26-14-11(10-5-3-4-6-12(10)17(18,19)20)7-22-8-13(14)25-16(26)27-15(21)23-9-24-27/h3-9H,2H2,1H3,(H2,21,23,24). The molecule has 0 bridgehead atoms. The monoisotopic (exact) mass is 373 g/mol. The van der Waals surface area contributed by atoms with E-state index in [1.54, 1.807) is 10.6 Å². The summed E-state index contributed by atoms with van der Waals surface area (Å²) >= 11 is 0. The minimum Gasteiger partial charge on any atom is -0.368 e. The number of benzene rings is 1. The summed E-state index contributed by atoms with van der Waals surface area (Å²) in [5, 5.41) is 4.05. The van der Waals surface area contributed by atoms with Crippen LogP contribution >= 0.6 is 0 Å². The van der Waals surface area contributed by atoms with Crippen molar-refractivity contribution in [2.24, 2.45) is 0 Å². The Kier molecular flexibility index (Phi) is 3.83. The maximum Gasteiger partial charge on any atom is 0.417 e. The maximum absolute atomic E-state index is 13.5. The Labute approximate surface area is 151 Å². The van der Waals surface area contributed by atoms with Crippen LogP contribution in [-0.4, -0.2) is 29.3 Å². The lowest BCUT2D eigenvalue weighted by atomic mass is 9.99. The summed E-state index contributed by atoms with van der Waals surface area (Å²) in [6, 6.07) is 5.40. The number of alkyl halides is 3. The van der Waals surface area contributed by atoms with Crippen LogP contribution in [0.3, 0.4) is 0 Å². The number of nitrogens with zero attached hydrogens (tertiary/aromatic N) is 6. The number of pyridine rings is 1. The van der Waals surface area contributed by atoms with Crippen molar-refractivity contribution in [1.29, 1.82) is 0 Å². The van der Waals surface area contributed by atoms with Gasteiger partial charge in [-0.25, -0.2) is 4.98 Å². The van der Waals surface area contributed by atoms with Gasteiger partial charge in [-0.15, -0.1) is 0 Å². The van der Waals surface area contributed by atoms with E-state index in [0.29, 0.717) is 29.1 Å². The number of aryl methyl sites for hydroxylation is 1. The number of nitrogen functional groups attached to an aromatic ring is 1. The molecular weight excluding hydrogens is 359 g/mol. The number of aromatic nitrogens is 6. The van der Waals surface area contributed by atoms with E-state index < -0.39 is 11.7 Å². The molecule has 0 unspecified atom stereocenters. The lowest BCUT2D eigenvalue weighted by Gasteiger charge is -2.14. The number of fused-ring (bicyclic) bond motifs is 1. The Hall–Kier alpha value is -3.43. The van der Waals surface area contributed by atoms with Crippen molar-refractivity contribution in [2.75, 3.05) is 5.73 Å². The Morgan fingerprint density at radius 2 is 1.89 bits per heavy atom. The lowest BCUT2D eigenvalue weighted by Crippen LogP contribution is -2.11. The Balaban J connectivity index is 2.05. The van der Waals surface area contributed by atoms with Gasteiger partial charge in [0, 0.05) is 18.3 Å². The van der Waals surface area contributed by atoms with E-state index in [4.69, 9.17) is 5.73 Å². The van der Waals surface area contributed by atoms with Gasteiger partial charge in [-0.05, 0) is 18.6 Å². The van der Waals surface area contributed by atoms with Gasteiger partial charge in [0.2, 0.25) is 11.9 Å². The third kappa shape index (κ3) is 2.69. The van der Waals surface area contributed by atoms with Gasteiger partial charge in [-0.2, -0.15) is 27.9 Å². The molecule has 0 aliphatic heterocycles. The highest BCUT2D eigenvalue weighted by molar-refractivity contribution is 5.93. The summed E-state index contributed by atoms with van der Waals surface area (Å²) in [5.41, 5.74) is 6.42. The number of anilines is 1. The Morgan fingerprint density at radius 1 is 1.11 bits per heavy atom. The van der Waals surface area contributed by atoms with E-state index >= 15 is 0 Å². The summed E-state index contributed by atoms with van der Waals surface area (Å²) in [6.07, 6.45) is -0.297. The Morgan fingerprint density at radius 3 is 2.56 bits per heavy atom. The SMILES string of the molecule is CCn1c(-n2ncnc2N)nc2cncc(-c3ccccc3C(F)(F)F)c21. The van der Waals surface area contributed by atoms with Crippen LogP contribution in [0.25, 0.3) is 28.1 Å². The van der Waals surface area contributed by atoms with E-state index in [2.05, 4.69) is 20.1 Å². The maximum atomic E-state index is 13.5. The van der Waals surface area contributed by atoms with Crippen molar-refractivity contribution < 1.29 is 13.2 Å². The van der Waals surface area contributed by atoms with Crippen LogP contribution in [0.2, 0.25) is 0 Å². The van der Waals surface area contributed by atoms with E-state index in [9.17, 15) is 13.2 Å². The zero-order chi connectivity index (χ0) is 19.2. The first-order chi connectivity index (χ1) is 12.9. The summed E-state index contributed by atoms with van der Waals surface area (Å²) in [4.78, 5) is 12.4. The molecule has 4 rings (SSSR count). The number of hydrogen-bond acceptors (Lipinski definition) is 5. The van der Waals surface area contributed by atoms with E-state index in [1.807, 2.05) is 6.92 Å². The average molecular weight is 373 g/mol. The van der Waals surface area contributed by atoms with Crippen LogP contribution in [0, 0.1) is 0 Å². The number of nitrogens with two attached hydrogens (primary N) is 1. The predicted octanol–water partition coefficient (Wildman–Crippen LogP) is 3.30. The second-order valence-electron chi connectivity index (χ2n) is 5.78. The fraction of sp³-hybridized carbons (Fsp3) is 0.176. The molecule has 10 heteroatoms. The van der Waals surface area contributed by atoms with E-state index in [-0.39, 0.29) is 11.5 Å². The van der Waals surface area contributed by atoms with Gasteiger partial charge in [0.15, 0.2) is 0 Å². The summed E-state index contributed by atoms with van der Waals surface area (Å²) < 4.78 is 43.6. The van der Waals surface area contributed by atoms with Crippen molar-refractivity contribution in [3.63, 3.8) is 0 Å². The summed E-state index contributed by atoms with van der Waals surface area (Å²) in [5.74, 6) is 0.492. The van der Waals surface area contributed by atoms with Crippen molar-refractivity contribution in [3.05, 3.63) is 48.5 Å². The van der Waals surface area contributed by atoms with Gasteiger partial charge in [-0.3, -0.25) is 4.98 Å². The first kappa shape index (κ1) is 17.0. The van der Waals surface area contributed by atoms with Crippen LogP contribution in [0.5, 0.6) is 0 Å². The van der Waals surface area contributed by atoms with Crippen molar-refractivity contribution >= 4 is 17.0 Å². The van der Waals surface area contributed by atoms with Crippen molar-refractivity contribution in [3.8, 4) is 17.1 Å². The zero-order valence-electron chi connectivity index (χ0n) is 14.1. The van der Waals surface area contributed by atoms with Gasteiger partial charge in [0.05, 0.1) is 17.3 Å². The van der Waals surface area contributed by atoms with Gasteiger partial charge in [0.1, 0.15) is 11.8 Å². The molecule has 2 N–H and O–H groups in total. The third-order valence-corrected chi connectivity index (χ3v) is 4.23. The van der Waals surface area contributed by atoms with Crippen LogP contribution in [0.4, 0.5) is 19.1 Å². The highest BCUT2D eigenvalue weighted by Crippen LogP contribution is 2.39. The lowest BCUT2D eigenvalue weighted by molar-refractivity contribution is -0.137. The third-order valence-electron chi connectivity index (χ3n) is 4.23. The van der Waals surface area contributed by atoms with Crippen LogP contribution in [0.1, 0.15) is 12.5 Å². The molecule has 0 aliphatic carbocycles. The second kappa shape index (κ2) is 6.08. The minimum absolute atomic E-state index is 0.0378. The van der Waals surface area contributed by atoms with Crippen molar-refractivity contribution in [1.82, 2.24) is 29.3 Å². The molecule has 1 aromatic carbocycles. The largest absolute Gasteiger partial charge is 0.417 e. The van der Waals surface area contributed by atoms with Crippen molar-refractivity contribution in [2.45, 2.75) is 19.6 Å². The van der Waals surface area contributed by atoms with Gasteiger partial charge in [0.25, 0.3) is 0 Å². The molecule has 7 nitrogen and oxygen atoms in total. The van der Waals surface area contributed by atoms with Crippen LogP contribution in [-0.2, 0) is 12.7 Å². The van der Waals surface area contributed by atoms with E-state index in [1.165, 1.54) is 35.5 Å². The average Bonchev–Trinajstić information content (AvgIpc) is 3.23. The molecule has 4 aromatic rings. The molecule has 0 saturated heterocycles. The van der Waals surface area contributed by atoms with Crippen LogP contribution in [0.15, 0.2) is 43.0 Å². The topological polar surface area (TPSA) is 87.4 Å². The molecule has 0 fully saturated rings. The molecule has 0 aliphatic rings. The van der Waals surface area contributed by atoms with Crippen LogP contribution < -0.4 is 5.73 Å². The highest BCUT2D eigenvalue weighted by atomic mass is 19.4. The fourth-order valence-corrected chi connectivity index (χ4v) is 3.10. The molecular formula is C17H14F3N7. The Bertz CT molecular complexity index is 1130. The quantitative estimate of drug-likeness (QED) is 0.595. The molecule has 138 valence electrons. The summed E-state index contributed by atoms with van der Waals surface area (Å²) in [6.45, 7) is 2.30. The first-order valence-corrected chi connectivity index (χ1v) is 8.08. The molecule has 0 spiro atoms.